The van der Waals surface area contributed by atoms with Crippen LogP contribution in [-0.4, -0.2) is 46.8 Å². The number of hydrogen-bond donors (Lipinski definition) is 1. The van der Waals surface area contributed by atoms with E-state index in [2.05, 4.69) is 4.98 Å². The minimum absolute atomic E-state index is 0.0986. The van der Waals surface area contributed by atoms with Crippen molar-refractivity contribution in [3.8, 4) is 0 Å². The molecular formula is C14H19N3O5. The molecule has 1 aliphatic rings. The van der Waals surface area contributed by atoms with Crippen molar-refractivity contribution in [3.63, 3.8) is 0 Å². The van der Waals surface area contributed by atoms with Gasteiger partial charge in [0.2, 0.25) is 5.82 Å². The molecule has 2 unspecified atom stereocenters. The zero-order chi connectivity index (χ0) is 16.3. The lowest BCUT2D eigenvalue weighted by molar-refractivity contribution is -0.384. The van der Waals surface area contributed by atoms with Crippen molar-refractivity contribution >= 4 is 17.5 Å². The minimum Gasteiger partial charge on any atom is -0.462 e. The highest BCUT2D eigenvalue weighted by atomic mass is 16.6. The molecule has 1 N–H and O–H groups in total. The molecule has 0 saturated carbocycles. The van der Waals surface area contributed by atoms with Crippen LogP contribution >= 0.6 is 0 Å². The number of carbonyl (C=O) groups excluding carboxylic acids is 1. The lowest BCUT2D eigenvalue weighted by Gasteiger charge is -2.34. The molecule has 0 bridgehead atoms. The summed E-state index contributed by atoms with van der Waals surface area (Å²) in [6.07, 6.45) is 1.46. The highest BCUT2D eigenvalue weighted by molar-refractivity contribution is 5.96. The van der Waals surface area contributed by atoms with Gasteiger partial charge in [-0.25, -0.2) is 9.78 Å². The monoisotopic (exact) mass is 309 g/mol. The van der Waals surface area contributed by atoms with E-state index in [0.29, 0.717) is 13.0 Å². The molecule has 2 rings (SSSR count). The van der Waals surface area contributed by atoms with Gasteiger partial charge in [-0.15, -0.1) is 0 Å². The Morgan fingerprint density at radius 3 is 2.95 bits per heavy atom. The summed E-state index contributed by atoms with van der Waals surface area (Å²) in [6, 6.07) is 1.28. The zero-order valence-electron chi connectivity index (χ0n) is 12.6. The summed E-state index contributed by atoms with van der Waals surface area (Å²) in [5.74, 6) is -0.520. The molecule has 0 radical (unpaired) electrons. The second kappa shape index (κ2) is 6.69. The fraction of sp³-hybridized carbons (Fsp3) is 0.571. The SMILES string of the molecule is CCOC(=O)c1ccnc(N2CCC(C)C(O)C2)c1[N+](=O)[O-]. The van der Waals surface area contributed by atoms with Gasteiger partial charge in [0, 0.05) is 19.3 Å². The van der Waals surface area contributed by atoms with Crippen molar-refractivity contribution in [2.75, 3.05) is 24.6 Å². The summed E-state index contributed by atoms with van der Waals surface area (Å²) < 4.78 is 4.86. The van der Waals surface area contributed by atoms with Gasteiger partial charge in [-0.3, -0.25) is 10.1 Å². The third-order valence-electron chi connectivity index (χ3n) is 3.80. The van der Waals surface area contributed by atoms with Crippen molar-refractivity contribution in [2.45, 2.75) is 26.4 Å². The van der Waals surface area contributed by atoms with Crippen LogP contribution < -0.4 is 4.90 Å². The molecule has 22 heavy (non-hydrogen) atoms. The number of aliphatic hydroxyl groups is 1. The Morgan fingerprint density at radius 1 is 1.64 bits per heavy atom. The first-order chi connectivity index (χ1) is 10.5. The fourth-order valence-electron chi connectivity index (χ4n) is 2.47. The van der Waals surface area contributed by atoms with Gasteiger partial charge < -0.3 is 14.7 Å². The van der Waals surface area contributed by atoms with E-state index < -0.39 is 17.0 Å². The highest BCUT2D eigenvalue weighted by Gasteiger charge is 2.33. The number of nitrogens with zero attached hydrogens (tertiary/aromatic N) is 3. The summed E-state index contributed by atoms with van der Waals surface area (Å²) in [6.45, 7) is 4.49. The summed E-state index contributed by atoms with van der Waals surface area (Å²) in [4.78, 5) is 28.4. The summed E-state index contributed by atoms with van der Waals surface area (Å²) in [5.41, 5.74) is -0.493. The summed E-state index contributed by atoms with van der Waals surface area (Å²) >= 11 is 0. The van der Waals surface area contributed by atoms with Gasteiger partial charge in [0.1, 0.15) is 5.56 Å². The summed E-state index contributed by atoms with van der Waals surface area (Å²) in [7, 11) is 0. The number of nitro groups is 1. The second-order valence-corrected chi connectivity index (χ2v) is 5.29. The maximum atomic E-state index is 11.9. The molecule has 0 aliphatic carbocycles. The molecule has 0 amide bonds. The predicted octanol–water partition coefficient (Wildman–Crippen LogP) is 1.37. The maximum Gasteiger partial charge on any atom is 0.345 e. The van der Waals surface area contributed by atoms with Gasteiger partial charge in [0.05, 0.1) is 17.6 Å². The molecule has 1 fully saturated rings. The molecule has 1 aromatic heterocycles. The van der Waals surface area contributed by atoms with E-state index in [0.717, 1.165) is 0 Å². The highest BCUT2D eigenvalue weighted by Crippen LogP contribution is 2.32. The van der Waals surface area contributed by atoms with Crippen LogP contribution in [0, 0.1) is 16.0 Å². The number of rotatable bonds is 4. The molecule has 2 heterocycles. The molecule has 0 aromatic carbocycles. The molecular weight excluding hydrogens is 290 g/mol. The average Bonchev–Trinajstić information content (AvgIpc) is 2.49. The minimum atomic E-state index is -0.747. The molecule has 8 nitrogen and oxygen atoms in total. The van der Waals surface area contributed by atoms with E-state index in [9.17, 15) is 20.0 Å². The van der Waals surface area contributed by atoms with Crippen LogP contribution in [0.25, 0.3) is 0 Å². The normalized spacial score (nSPS) is 21.5. The van der Waals surface area contributed by atoms with E-state index in [1.807, 2.05) is 6.92 Å². The van der Waals surface area contributed by atoms with E-state index in [1.54, 1.807) is 11.8 Å². The second-order valence-electron chi connectivity index (χ2n) is 5.29. The van der Waals surface area contributed by atoms with Crippen molar-refractivity contribution in [1.29, 1.82) is 0 Å². The number of carbonyl (C=O) groups is 1. The topological polar surface area (TPSA) is 106 Å². The maximum absolute atomic E-state index is 11.9. The number of anilines is 1. The van der Waals surface area contributed by atoms with Gasteiger partial charge >= 0.3 is 11.7 Å². The largest absolute Gasteiger partial charge is 0.462 e. The van der Waals surface area contributed by atoms with Crippen LogP contribution in [0.2, 0.25) is 0 Å². The van der Waals surface area contributed by atoms with Crippen molar-refractivity contribution in [1.82, 2.24) is 4.98 Å². The first-order valence-electron chi connectivity index (χ1n) is 7.19. The molecule has 2 atom stereocenters. The number of aliphatic hydroxyl groups excluding tert-OH is 1. The van der Waals surface area contributed by atoms with Gasteiger partial charge in [0.25, 0.3) is 0 Å². The Labute approximate surface area is 127 Å². The van der Waals surface area contributed by atoms with Crippen molar-refractivity contribution < 1.29 is 19.6 Å². The number of aromatic nitrogens is 1. The first kappa shape index (κ1) is 16.2. The number of piperidine rings is 1. The Hall–Kier alpha value is -2.22. The van der Waals surface area contributed by atoms with E-state index >= 15 is 0 Å². The zero-order valence-corrected chi connectivity index (χ0v) is 12.6. The summed E-state index contributed by atoms with van der Waals surface area (Å²) in [5, 5.41) is 21.4. The number of ether oxygens (including phenoxy) is 1. The number of pyridine rings is 1. The lowest BCUT2D eigenvalue weighted by atomic mass is 9.96. The number of hydrogen-bond acceptors (Lipinski definition) is 7. The van der Waals surface area contributed by atoms with E-state index in [4.69, 9.17) is 4.74 Å². The molecule has 1 saturated heterocycles. The Bertz CT molecular complexity index is 578. The van der Waals surface area contributed by atoms with Gasteiger partial charge in [-0.2, -0.15) is 0 Å². The standard InChI is InChI=1S/C14H19N3O5/c1-3-22-14(19)10-4-6-15-13(12(10)17(20)21)16-7-5-9(2)11(18)8-16/h4,6,9,11,18H,3,5,7-8H2,1-2H3. The molecule has 120 valence electrons. The van der Waals surface area contributed by atoms with Gasteiger partial charge in [-0.1, -0.05) is 6.92 Å². The quantitative estimate of drug-likeness (QED) is 0.508. The first-order valence-corrected chi connectivity index (χ1v) is 7.19. The lowest BCUT2D eigenvalue weighted by Crippen LogP contribution is -2.43. The molecule has 1 aliphatic heterocycles. The van der Waals surface area contributed by atoms with Crippen molar-refractivity contribution in [3.05, 3.63) is 27.9 Å². The van der Waals surface area contributed by atoms with Crippen LogP contribution in [0.4, 0.5) is 11.5 Å². The molecule has 1 aromatic rings. The molecule has 0 spiro atoms. The average molecular weight is 309 g/mol. The third kappa shape index (κ3) is 3.16. The predicted molar refractivity (Wildman–Crippen MR) is 78.8 cm³/mol. The van der Waals surface area contributed by atoms with Crippen LogP contribution in [0.3, 0.4) is 0 Å². The number of esters is 1. The van der Waals surface area contributed by atoms with Gasteiger partial charge in [-0.05, 0) is 25.3 Å². The number of β-amino-alcohol motifs (C(OH)–C–C–N with tert-alkyl or cyclic N) is 1. The van der Waals surface area contributed by atoms with Gasteiger partial charge in [0.15, 0.2) is 0 Å². The third-order valence-corrected chi connectivity index (χ3v) is 3.80. The Balaban J connectivity index is 2.41. The Morgan fingerprint density at radius 2 is 2.36 bits per heavy atom. The van der Waals surface area contributed by atoms with E-state index in [1.165, 1.54) is 12.3 Å². The van der Waals surface area contributed by atoms with Crippen LogP contribution in [0.15, 0.2) is 12.3 Å². The van der Waals surface area contributed by atoms with E-state index in [-0.39, 0.29) is 36.1 Å². The van der Waals surface area contributed by atoms with Crippen LogP contribution in [0.1, 0.15) is 30.6 Å². The molecule has 8 heteroatoms. The smallest absolute Gasteiger partial charge is 0.345 e. The van der Waals surface area contributed by atoms with Crippen LogP contribution in [0.5, 0.6) is 0 Å². The Kier molecular flexibility index (Phi) is 4.92. The fourth-order valence-corrected chi connectivity index (χ4v) is 2.47. The van der Waals surface area contributed by atoms with Crippen LogP contribution in [-0.2, 0) is 4.74 Å². The van der Waals surface area contributed by atoms with Crippen molar-refractivity contribution in [2.24, 2.45) is 5.92 Å².